The lowest BCUT2D eigenvalue weighted by atomic mass is 9.94. The van der Waals surface area contributed by atoms with Crippen molar-refractivity contribution in [2.45, 2.75) is 33.1 Å². The number of halogens is 1. The van der Waals surface area contributed by atoms with Crippen LogP contribution in [0.25, 0.3) is 0 Å². The topological polar surface area (TPSA) is 17.1 Å². The number of benzene rings is 1. The molecule has 0 radical (unpaired) electrons. The SMILES string of the molecule is Cc1c(F)c(C)c2c(c1C=O)CCC2. The lowest BCUT2D eigenvalue weighted by molar-refractivity contribution is 0.112. The highest BCUT2D eigenvalue weighted by Gasteiger charge is 2.22. The Morgan fingerprint density at radius 3 is 2.43 bits per heavy atom. The van der Waals surface area contributed by atoms with E-state index in [-0.39, 0.29) is 5.82 Å². The minimum absolute atomic E-state index is 0.201. The summed E-state index contributed by atoms with van der Waals surface area (Å²) in [5.41, 5.74) is 3.98. The van der Waals surface area contributed by atoms with E-state index in [1.807, 2.05) is 0 Å². The van der Waals surface area contributed by atoms with Crippen molar-refractivity contribution >= 4 is 6.29 Å². The Balaban J connectivity index is 2.80. The first-order valence-electron chi connectivity index (χ1n) is 4.92. The Labute approximate surface area is 82.9 Å². The molecule has 0 atom stereocenters. The van der Waals surface area contributed by atoms with Gasteiger partial charge in [0.25, 0.3) is 0 Å². The Morgan fingerprint density at radius 1 is 1.14 bits per heavy atom. The van der Waals surface area contributed by atoms with Crippen molar-refractivity contribution in [1.82, 2.24) is 0 Å². The molecule has 0 bridgehead atoms. The van der Waals surface area contributed by atoms with Gasteiger partial charge in [-0.25, -0.2) is 4.39 Å². The summed E-state index contributed by atoms with van der Waals surface area (Å²) >= 11 is 0. The van der Waals surface area contributed by atoms with Crippen molar-refractivity contribution in [1.29, 1.82) is 0 Å². The third-order valence-corrected chi connectivity index (χ3v) is 3.18. The van der Waals surface area contributed by atoms with Crippen molar-refractivity contribution in [2.75, 3.05) is 0 Å². The average Bonchev–Trinajstić information content (AvgIpc) is 2.64. The van der Waals surface area contributed by atoms with E-state index in [0.717, 1.165) is 42.2 Å². The maximum Gasteiger partial charge on any atom is 0.150 e. The van der Waals surface area contributed by atoms with Crippen molar-refractivity contribution < 1.29 is 9.18 Å². The number of aldehydes is 1. The van der Waals surface area contributed by atoms with Crippen LogP contribution in [0.3, 0.4) is 0 Å². The second-order valence-corrected chi connectivity index (χ2v) is 3.91. The predicted octanol–water partition coefficient (Wildman–Crippen LogP) is 2.74. The highest BCUT2D eigenvalue weighted by molar-refractivity contribution is 5.81. The summed E-state index contributed by atoms with van der Waals surface area (Å²) in [5, 5.41) is 0. The minimum atomic E-state index is -0.201. The molecule has 1 aliphatic carbocycles. The zero-order valence-electron chi connectivity index (χ0n) is 8.48. The van der Waals surface area contributed by atoms with Crippen LogP contribution in [0.15, 0.2) is 0 Å². The van der Waals surface area contributed by atoms with Gasteiger partial charge >= 0.3 is 0 Å². The third-order valence-electron chi connectivity index (χ3n) is 3.18. The summed E-state index contributed by atoms with van der Waals surface area (Å²) in [7, 11) is 0. The Morgan fingerprint density at radius 2 is 1.79 bits per heavy atom. The largest absolute Gasteiger partial charge is 0.298 e. The summed E-state index contributed by atoms with van der Waals surface area (Å²) in [6.07, 6.45) is 3.67. The first-order chi connectivity index (χ1) is 6.66. The molecule has 0 aromatic heterocycles. The highest BCUT2D eigenvalue weighted by atomic mass is 19.1. The lowest BCUT2D eigenvalue weighted by Gasteiger charge is -2.11. The highest BCUT2D eigenvalue weighted by Crippen LogP contribution is 2.31. The van der Waals surface area contributed by atoms with Crippen molar-refractivity contribution in [3.63, 3.8) is 0 Å². The van der Waals surface area contributed by atoms with Gasteiger partial charge in [-0.2, -0.15) is 0 Å². The molecule has 2 rings (SSSR count). The van der Waals surface area contributed by atoms with Gasteiger partial charge in [-0.15, -0.1) is 0 Å². The maximum absolute atomic E-state index is 13.7. The minimum Gasteiger partial charge on any atom is -0.298 e. The summed E-state index contributed by atoms with van der Waals surface area (Å²) in [5.74, 6) is -0.201. The van der Waals surface area contributed by atoms with E-state index in [1.54, 1.807) is 13.8 Å². The van der Waals surface area contributed by atoms with Gasteiger partial charge in [0, 0.05) is 5.56 Å². The Hall–Kier alpha value is -1.18. The number of rotatable bonds is 1. The standard InChI is InChI=1S/C12H13FO/c1-7-9-4-3-5-10(9)11(6-14)8(2)12(7)13/h6H,3-5H2,1-2H3. The number of carbonyl (C=O) groups excluding carboxylic acids is 1. The van der Waals surface area contributed by atoms with Crippen LogP contribution in [0, 0.1) is 19.7 Å². The van der Waals surface area contributed by atoms with Crippen molar-refractivity contribution in [3.8, 4) is 0 Å². The molecule has 1 aromatic carbocycles. The molecular formula is C12H13FO. The number of hydrogen-bond donors (Lipinski definition) is 0. The fourth-order valence-electron chi connectivity index (χ4n) is 2.37. The van der Waals surface area contributed by atoms with E-state index >= 15 is 0 Å². The molecule has 0 fully saturated rings. The van der Waals surface area contributed by atoms with Crippen LogP contribution in [-0.4, -0.2) is 6.29 Å². The van der Waals surface area contributed by atoms with Crippen LogP contribution in [0.2, 0.25) is 0 Å². The van der Waals surface area contributed by atoms with Crippen LogP contribution < -0.4 is 0 Å². The number of carbonyl (C=O) groups is 1. The first kappa shape index (κ1) is 9.38. The van der Waals surface area contributed by atoms with Gasteiger partial charge in [0.15, 0.2) is 6.29 Å². The number of fused-ring (bicyclic) bond motifs is 1. The Bertz CT molecular complexity index is 408. The molecular weight excluding hydrogens is 179 g/mol. The lowest BCUT2D eigenvalue weighted by Crippen LogP contribution is -2.03. The van der Waals surface area contributed by atoms with Crippen LogP contribution >= 0.6 is 0 Å². The van der Waals surface area contributed by atoms with Gasteiger partial charge in [-0.3, -0.25) is 4.79 Å². The molecule has 1 aromatic rings. The normalized spacial score (nSPS) is 14.2. The summed E-state index contributed by atoms with van der Waals surface area (Å²) in [4.78, 5) is 10.9. The van der Waals surface area contributed by atoms with Crippen LogP contribution in [-0.2, 0) is 12.8 Å². The molecule has 0 unspecified atom stereocenters. The van der Waals surface area contributed by atoms with Crippen LogP contribution in [0.5, 0.6) is 0 Å². The van der Waals surface area contributed by atoms with Gasteiger partial charge < -0.3 is 0 Å². The molecule has 1 nitrogen and oxygen atoms in total. The molecule has 0 amide bonds. The monoisotopic (exact) mass is 192 g/mol. The quantitative estimate of drug-likeness (QED) is 0.625. The smallest absolute Gasteiger partial charge is 0.150 e. The van der Waals surface area contributed by atoms with Crippen LogP contribution in [0.1, 0.15) is 39.0 Å². The molecule has 0 saturated carbocycles. The van der Waals surface area contributed by atoms with Gasteiger partial charge in [0.1, 0.15) is 5.82 Å². The van der Waals surface area contributed by atoms with Gasteiger partial charge in [0.05, 0.1) is 0 Å². The van der Waals surface area contributed by atoms with Gasteiger partial charge in [0.2, 0.25) is 0 Å². The first-order valence-corrected chi connectivity index (χ1v) is 4.92. The van der Waals surface area contributed by atoms with E-state index in [1.165, 1.54) is 0 Å². The summed E-state index contributed by atoms with van der Waals surface area (Å²) in [6.45, 7) is 3.49. The van der Waals surface area contributed by atoms with Gasteiger partial charge in [-0.1, -0.05) is 0 Å². The van der Waals surface area contributed by atoms with Crippen molar-refractivity contribution in [2.24, 2.45) is 0 Å². The zero-order valence-corrected chi connectivity index (χ0v) is 8.48. The third kappa shape index (κ3) is 1.10. The predicted molar refractivity (Wildman–Crippen MR) is 53.3 cm³/mol. The van der Waals surface area contributed by atoms with Crippen molar-refractivity contribution in [3.05, 3.63) is 33.6 Å². The van der Waals surface area contributed by atoms with Gasteiger partial charge in [-0.05, 0) is 55.4 Å². The molecule has 0 saturated heterocycles. The molecule has 2 heteroatoms. The number of hydrogen-bond acceptors (Lipinski definition) is 1. The molecule has 0 aliphatic heterocycles. The molecule has 0 spiro atoms. The van der Waals surface area contributed by atoms with Crippen LogP contribution in [0.4, 0.5) is 4.39 Å². The summed E-state index contributed by atoms with van der Waals surface area (Å²) < 4.78 is 13.7. The second-order valence-electron chi connectivity index (χ2n) is 3.91. The second kappa shape index (κ2) is 3.19. The van der Waals surface area contributed by atoms with E-state index < -0.39 is 0 Å². The molecule has 0 N–H and O–H groups in total. The average molecular weight is 192 g/mol. The molecule has 1 aliphatic rings. The van der Waals surface area contributed by atoms with E-state index in [9.17, 15) is 9.18 Å². The van der Waals surface area contributed by atoms with E-state index in [2.05, 4.69) is 0 Å². The zero-order chi connectivity index (χ0) is 10.3. The van der Waals surface area contributed by atoms with E-state index in [0.29, 0.717) is 11.1 Å². The Kier molecular flexibility index (Phi) is 2.14. The van der Waals surface area contributed by atoms with E-state index in [4.69, 9.17) is 0 Å². The summed E-state index contributed by atoms with van der Waals surface area (Å²) in [6, 6.07) is 0. The maximum atomic E-state index is 13.7. The molecule has 14 heavy (non-hydrogen) atoms. The molecule has 0 heterocycles. The molecule has 74 valence electrons. The fourth-order valence-corrected chi connectivity index (χ4v) is 2.37. The fraction of sp³-hybridized carbons (Fsp3) is 0.417.